The van der Waals surface area contributed by atoms with E-state index in [1.165, 1.54) is 30.7 Å². The van der Waals surface area contributed by atoms with Gasteiger partial charge in [0.15, 0.2) is 0 Å². The molecule has 1 aliphatic rings. The first-order valence-electron chi connectivity index (χ1n) is 14.4. The summed E-state index contributed by atoms with van der Waals surface area (Å²) in [6, 6.07) is 26.5. The van der Waals surface area contributed by atoms with E-state index in [2.05, 4.69) is 10.3 Å². The minimum atomic E-state index is -1.12. The van der Waals surface area contributed by atoms with E-state index in [1.54, 1.807) is 14.2 Å². The highest BCUT2D eigenvalue weighted by Crippen LogP contribution is 2.43. The number of hydrogen-bond acceptors (Lipinski definition) is 9. The molecule has 0 radical (unpaired) electrons. The van der Waals surface area contributed by atoms with Crippen molar-refractivity contribution < 1.29 is 33.3 Å². The minimum absolute atomic E-state index is 0.00639. The molecule has 1 N–H and O–H groups in total. The smallest absolute Gasteiger partial charge is 0.351 e. The second kappa shape index (κ2) is 13.7. The molecular weight excluding hydrogens is 578 g/mol. The van der Waals surface area contributed by atoms with Crippen molar-refractivity contribution >= 4 is 17.7 Å². The molecule has 1 fully saturated rings. The summed E-state index contributed by atoms with van der Waals surface area (Å²) in [5.41, 5.74) is 0.761. The minimum Gasteiger partial charge on any atom is -0.497 e. The van der Waals surface area contributed by atoms with Gasteiger partial charge < -0.3 is 29.0 Å². The van der Waals surface area contributed by atoms with Crippen molar-refractivity contribution in [3.05, 3.63) is 118 Å². The van der Waals surface area contributed by atoms with E-state index in [0.29, 0.717) is 11.5 Å². The summed E-state index contributed by atoms with van der Waals surface area (Å²) in [5.74, 6) is 0.677. The van der Waals surface area contributed by atoms with Crippen LogP contribution in [0.2, 0.25) is 0 Å². The van der Waals surface area contributed by atoms with E-state index in [1.807, 2.05) is 78.9 Å². The maximum atomic E-state index is 12.9. The SMILES string of the molecule is COc1ccc(C(OC[C@H]2O[C@@H](n3ccc(NC(C)=O)nc3=O)CC2OC(C)=O)(c2ccccc2)c2ccc(OC)cc2)cc1. The molecular formula is C34H35N3O8. The summed E-state index contributed by atoms with van der Waals surface area (Å²) in [6.45, 7) is 2.65. The Morgan fingerprint density at radius 2 is 1.47 bits per heavy atom. The Morgan fingerprint density at radius 3 is 1.98 bits per heavy atom. The Balaban J connectivity index is 1.53. The molecule has 1 amide bonds. The molecule has 1 saturated heterocycles. The molecule has 4 aromatic rings. The third kappa shape index (κ3) is 6.89. The third-order valence-corrected chi connectivity index (χ3v) is 7.58. The number of benzene rings is 3. The Morgan fingerprint density at radius 1 is 0.889 bits per heavy atom. The summed E-state index contributed by atoms with van der Waals surface area (Å²) in [4.78, 5) is 40.4. The molecule has 2 heterocycles. The van der Waals surface area contributed by atoms with Crippen LogP contribution in [-0.2, 0) is 29.4 Å². The fourth-order valence-corrected chi connectivity index (χ4v) is 5.52. The van der Waals surface area contributed by atoms with Crippen LogP contribution in [0.1, 0.15) is 43.2 Å². The lowest BCUT2D eigenvalue weighted by Gasteiger charge is -2.37. The Bertz CT molecular complexity index is 1630. The number of anilines is 1. The zero-order valence-electron chi connectivity index (χ0n) is 25.5. The number of carbonyl (C=O) groups is 2. The van der Waals surface area contributed by atoms with Gasteiger partial charge in [-0.1, -0.05) is 54.6 Å². The summed E-state index contributed by atoms with van der Waals surface area (Å²) >= 11 is 0. The highest BCUT2D eigenvalue weighted by atomic mass is 16.6. The van der Waals surface area contributed by atoms with Gasteiger partial charge >= 0.3 is 11.7 Å². The van der Waals surface area contributed by atoms with Crippen LogP contribution in [0.3, 0.4) is 0 Å². The molecule has 0 aliphatic carbocycles. The van der Waals surface area contributed by atoms with Crippen molar-refractivity contribution in [2.45, 2.75) is 44.3 Å². The first kappa shape index (κ1) is 31.4. The number of ether oxygens (including phenoxy) is 5. The number of hydrogen-bond donors (Lipinski definition) is 1. The standard InChI is InChI=1S/C34H35N3O8/c1-22(38)35-31-18-19-37(33(40)36-31)32-20-29(44-23(2)39)30(45-32)21-43-34(24-8-6-5-7-9-24,25-10-14-27(41-3)15-11-25)26-12-16-28(42-4)17-13-26/h5-19,29-30,32H,20-21H2,1-4H3,(H,35,36,38,40)/t29?,30-,32-/m1/s1. The molecule has 11 heteroatoms. The van der Waals surface area contributed by atoms with Crippen LogP contribution in [0.15, 0.2) is 95.9 Å². The maximum absolute atomic E-state index is 12.9. The predicted molar refractivity (Wildman–Crippen MR) is 165 cm³/mol. The van der Waals surface area contributed by atoms with Gasteiger partial charge in [0.1, 0.15) is 41.4 Å². The van der Waals surface area contributed by atoms with Crippen molar-refractivity contribution in [3.8, 4) is 11.5 Å². The Hall–Kier alpha value is -5.00. The molecule has 0 saturated carbocycles. The molecule has 1 unspecified atom stereocenters. The predicted octanol–water partition coefficient (Wildman–Crippen LogP) is 4.45. The van der Waals surface area contributed by atoms with Gasteiger partial charge in [0, 0.05) is 26.5 Å². The van der Waals surface area contributed by atoms with Crippen LogP contribution < -0.4 is 20.5 Å². The molecule has 1 aromatic heterocycles. The summed E-state index contributed by atoms with van der Waals surface area (Å²) in [5, 5.41) is 2.50. The largest absolute Gasteiger partial charge is 0.497 e. The van der Waals surface area contributed by atoms with E-state index >= 15 is 0 Å². The van der Waals surface area contributed by atoms with E-state index in [-0.39, 0.29) is 24.8 Å². The third-order valence-electron chi connectivity index (χ3n) is 7.58. The molecule has 0 bridgehead atoms. The lowest BCUT2D eigenvalue weighted by Crippen LogP contribution is -2.39. The van der Waals surface area contributed by atoms with E-state index in [4.69, 9.17) is 23.7 Å². The van der Waals surface area contributed by atoms with Gasteiger partial charge in [-0.25, -0.2) is 4.79 Å². The van der Waals surface area contributed by atoms with Crippen molar-refractivity contribution in [2.24, 2.45) is 0 Å². The number of aromatic nitrogens is 2. The van der Waals surface area contributed by atoms with E-state index < -0.39 is 35.7 Å². The summed E-state index contributed by atoms with van der Waals surface area (Å²) in [7, 11) is 3.22. The molecule has 234 valence electrons. The van der Waals surface area contributed by atoms with Gasteiger partial charge in [-0.3, -0.25) is 14.2 Å². The van der Waals surface area contributed by atoms with Crippen molar-refractivity contribution in [1.82, 2.24) is 9.55 Å². The van der Waals surface area contributed by atoms with Crippen molar-refractivity contribution in [3.63, 3.8) is 0 Å². The van der Waals surface area contributed by atoms with Crippen LogP contribution >= 0.6 is 0 Å². The zero-order chi connectivity index (χ0) is 32.0. The number of esters is 1. The summed E-state index contributed by atoms with van der Waals surface area (Å²) < 4.78 is 31.1. The molecule has 0 spiro atoms. The molecule has 11 nitrogen and oxygen atoms in total. The number of rotatable bonds is 11. The number of amides is 1. The zero-order valence-corrected chi connectivity index (χ0v) is 25.5. The van der Waals surface area contributed by atoms with Gasteiger partial charge in [0.25, 0.3) is 0 Å². The molecule has 45 heavy (non-hydrogen) atoms. The number of nitrogens with zero attached hydrogens (tertiary/aromatic N) is 2. The van der Waals surface area contributed by atoms with Crippen molar-refractivity contribution in [2.75, 3.05) is 26.1 Å². The fourth-order valence-electron chi connectivity index (χ4n) is 5.52. The molecule has 3 atom stereocenters. The second-order valence-electron chi connectivity index (χ2n) is 10.5. The first-order chi connectivity index (χ1) is 21.7. The lowest BCUT2D eigenvalue weighted by molar-refractivity contribution is -0.153. The number of carbonyl (C=O) groups excluding carboxylic acids is 2. The van der Waals surface area contributed by atoms with Crippen LogP contribution in [-0.4, -0.2) is 54.5 Å². The van der Waals surface area contributed by atoms with Gasteiger partial charge in [-0.2, -0.15) is 4.98 Å². The lowest BCUT2D eigenvalue weighted by atomic mass is 9.80. The second-order valence-corrected chi connectivity index (χ2v) is 10.5. The van der Waals surface area contributed by atoms with Gasteiger partial charge in [-0.05, 0) is 47.0 Å². The van der Waals surface area contributed by atoms with Crippen molar-refractivity contribution in [1.29, 1.82) is 0 Å². The highest BCUT2D eigenvalue weighted by Gasteiger charge is 2.43. The molecule has 1 aliphatic heterocycles. The fraction of sp³-hybridized carbons (Fsp3) is 0.294. The average molecular weight is 614 g/mol. The Labute approximate surface area is 260 Å². The van der Waals surface area contributed by atoms with Crippen LogP contribution in [0.5, 0.6) is 11.5 Å². The topological polar surface area (TPSA) is 127 Å². The molecule has 3 aromatic carbocycles. The van der Waals surface area contributed by atoms with Gasteiger partial charge in [0.05, 0.1) is 20.8 Å². The quantitative estimate of drug-likeness (QED) is 0.193. The number of nitrogens with one attached hydrogen (secondary N) is 1. The Kier molecular flexibility index (Phi) is 9.60. The van der Waals surface area contributed by atoms with Gasteiger partial charge in [0.2, 0.25) is 5.91 Å². The van der Waals surface area contributed by atoms with Crippen LogP contribution in [0.25, 0.3) is 0 Å². The van der Waals surface area contributed by atoms with Gasteiger partial charge in [-0.15, -0.1) is 0 Å². The summed E-state index contributed by atoms with van der Waals surface area (Å²) in [6.07, 6.45) is -0.558. The number of methoxy groups -OCH3 is 2. The molecule has 5 rings (SSSR count). The van der Waals surface area contributed by atoms with Crippen LogP contribution in [0, 0.1) is 0 Å². The average Bonchev–Trinajstić information content (AvgIpc) is 3.43. The first-order valence-corrected chi connectivity index (χ1v) is 14.4. The van der Waals surface area contributed by atoms with Crippen LogP contribution in [0.4, 0.5) is 5.82 Å². The normalized spacial score (nSPS) is 17.8. The van der Waals surface area contributed by atoms with E-state index in [9.17, 15) is 14.4 Å². The highest BCUT2D eigenvalue weighted by molar-refractivity contribution is 5.87. The van der Waals surface area contributed by atoms with E-state index in [0.717, 1.165) is 16.7 Å². The monoisotopic (exact) mass is 613 g/mol. The maximum Gasteiger partial charge on any atom is 0.351 e.